The van der Waals surface area contributed by atoms with Gasteiger partial charge in [-0.1, -0.05) is 29.8 Å². The highest BCUT2D eigenvalue weighted by Gasteiger charge is 2.16. The van der Waals surface area contributed by atoms with Crippen LogP contribution in [0.5, 0.6) is 0 Å². The molecule has 28 heavy (non-hydrogen) atoms. The van der Waals surface area contributed by atoms with Crippen molar-refractivity contribution in [3.8, 4) is 11.3 Å². The molecule has 0 atom stereocenters. The van der Waals surface area contributed by atoms with E-state index < -0.39 is 0 Å². The second-order valence-electron chi connectivity index (χ2n) is 6.39. The van der Waals surface area contributed by atoms with E-state index >= 15 is 0 Å². The van der Waals surface area contributed by atoms with Crippen molar-refractivity contribution < 1.29 is 9.21 Å². The lowest BCUT2D eigenvalue weighted by atomic mass is 10.2. The maximum Gasteiger partial charge on any atom is 0.290 e. The zero-order valence-electron chi connectivity index (χ0n) is 15.3. The second-order valence-corrected chi connectivity index (χ2v) is 6.83. The van der Waals surface area contributed by atoms with E-state index in [0.29, 0.717) is 27.9 Å². The maximum atomic E-state index is 12.6. The van der Waals surface area contributed by atoms with Gasteiger partial charge in [-0.15, -0.1) is 0 Å². The molecule has 0 fully saturated rings. The molecule has 4 rings (SSSR count). The Morgan fingerprint density at radius 1 is 1.21 bits per heavy atom. The number of carbonyl (C=O) groups excluding carboxylic acids is 1. The Hall–Kier alpha value is -3.38. The molecule has 7 heteroatoms. The number of pyridine rings is 1. The molecule has 140 valence electrons. The van der Waals surface area contributed by atoms with E-state index in [1.807, 2.05) is 49.5 Å². The van der Waals surface area contributed by atoms with E-state index in [-0.39, 0.29) is 5.91 Å². The number of hydrogen-bond donors (Lipinski definition) is 1. The molecule has 3 heterocycles. The van der Waals surface area contributed by atoms with Crippen molar-refractivity contribution in [2.24, 2.45) is 5.10 Å². The smallest absolute Gasteiger partial charge is 0.290 e. The second kappa shape index (κ2) is 7.32. The normalized spacial score (nSPS) is 11.4. The van der Waals surface area contributed by atoms with Crippen LogP contribution < -0.4 is 5.43 Å². The maximum absolute atomic E-state index is 12.6. The number of nitrogens with one attached hydrogen (secondary N) is 1. The van der Waals surface area contributed by atoms with Crippen LogP contribution in [0.1, 0.15) is 27.5 Å². The van der Waals surface area contributed by atoms with Gasteiger partial charge in [-0.3, -0.25) is 9.20 Å². The number of benzene rings is 1. The molecular formula is C21H17ClN4O2. The van der Waals surface area contributed by atoms with Crippen molar-refractivity contribution in [1.29, 1.82) is 0 Å². The van der Waals surface area contributed by atoms with Gasteiger partial charge < -0.3 is 4.42 Å². The quantitative estimate of drug-likeness (QED) is 0.406. The monoisotopic (exact) mass is 392 g/mol. The Labute approximate surface area is 166 Å². The lowest BCUT2D eigenvalue weighted by molar-refractivity contribution is 0.0948. The Balaban J connectivity index is 1.51. The van der Waals surface area contributed by atoms with Crippen molar-refractivity contribution >= 4 is 29.4 Å². The third-order valence-corrected chi connectivity index (χ3v) is 4.48. The average molecular weight is 393 g/mol. The van der Waals surface area contributed by atoms with Gasteiger partial charge in [-0.05, 0) is 49.7 Å². The Kier molecular flexibility index (Phi) is 4.71. The Morgan fingerprint density at radius 2 is 2.07 bits per heavy atom. The molecule has 1 aromatic carbocycles. The molecule has 1 N–H and O–H groups in total. The van der Waals surface area contributed by atoms with Gasteiger partial charge in [0.2, 0.25) is 0 Å². The van der Waals surface area contributed by atoms with Crippen LogP contribution in [-0.4, -0.2) is 21.5 Å². The van der Waals surface area contributed by atoms with E-state index in [0.717, 1.165) is 16.8 Å². The number of aryl methyl sites for hydroxylation is 2. The van der Waals surface area contributed by atoms with Gasteiger partial charge in [-0.25, -0.2) is 10.4 Å². The third kappa shape index (κ3) is 3.54. The molecule has 0 aliphatic carbocycles. The highest BCUT2D eigenvalue weighted by atomic mass is 35.5. The van der Waals surface area contributed by atoms with E-state index in [1.54, 1.807) is 23.5 Å². The summed E-state index contributed by atoms with van der Waals surface area (Å²) in [6.07, 6.45) is 3.33. The van der Waals surface area contributed by atoms with Crippen molar-refractivity contribution in [3.05, 3.63) is 82.5 Å². The van der Waals surface area contributed by atoms with Crippen LogP contribution in [0.25, 0.3) is 17.0 Å². The molecule has 0 unspecified atom stereocenters. The van der Waals surface area contributed by atoms with Crippen molar-refractivity contribution in [2.75, 3.05) is 0 Å². The number of rotatable bonds is 4. The first kappa shape index (κ1) is 18.0. The highest BCUT2D eigenvalue weighted by Crippen LogP contribution is 2.24. The fraction of sp³-hybridized carbons (Fsp3) is 0.0952. The minimum atomic E-state index is -0.339. The number of hydrogen-bond acceptors (Lipinski definition) is 4. The summed E-state index contributed by atoms with van der Waals surface area (Å²) >= 11 is 6.01. The molecule has 3 aromatic heterocycles. The van der Waals surface area contributed by atoms with Gasteiger partial charge in [0.15, 0.2) is 0 Å². The molecule has 0 radical (unpaired) electrons. The minimum Gasteiger partial charge on any atom is -0.455 e. The number of amides is 1. The van der Waals surface area contributed by atoms with E-state index in [4.69, 9.17) is 16.0 Å². The van der Waals surface area contributed by atoms with Crippen LogP contribution in [0.2, 0.25) is 5.02 Å². The van der Waals surface area contributed by atoms with Crippen molar-refractivity contribution in [2.45, 2.75) is 13.8 Å². The molecular weight excluding hydrogens is 376 g/mol. The standard InChI is InChI=1S/C21H17ClN4O2/c1-13-6-9-19-24-14(2)20(26(19)12-13)21(27)25-23-11-17-7-8-18(28-17)15-4-3-5-16(22)10-15/h3-12H,1-2H3,(H,25,27)/b23-11+. The van der Waals surface area contributed by atoms with Crippen molar-refractivity contribution in [3.63, 3.8) is 0 Å². The first-order valence-corrected chi connectivity index (χ1v) is 9.03. The number of nitrogens with zero attached hydrogens (tertiary/aromatic N) is 3. The van der Waals surface area contributed by atoms with Crippen LogP contribution >= 0.6 is 11.6 Å². The first-order chi connectivity index (χ1) is 13.5. The lowest BCUT2D eigenvalue weighted by Gasteiger charge is -2.02. The summed E-state index contributed by atoms with van der Waals surface area (Å²) < 4.78 is 7.49. The summed E-state index contributed by atoms with van der Waals surface area (Å²) in [7, 11) is 0. The number of imidazole rings is 1. The van der Waals surface area contributed by atoms with E-state index in [1.165, 1.54) is 6.21 Å². The fourth-order valence-corrected chi connectivity index (χ4v) is 3.16. The molecule has 0 saturated heterocycles. The number of aromatic nitrogens is 2. The van der Waals surface area contributed by atoms with Gasteiger partial charge in [0.05, 0.1) is 11.9 Å². The lowest BCUT2D eigenvalue weighted by Crippen LogP contribution is -2.20. The molecule has 6 nitrogen and oxygen atoms in total. The fourth-order valence-electron chi connectivity index (χ4n) is 2.97. The largest absolute Gasteiger partial charge is 0.455 e. The number of hydrazone groups is 1. The zero-order valence-corrected chi connectivity index (χ0v) is 16.1. The predicted molar refractivity (Wildman–Crippen MR) is 109 cm³/mol. The summed E-state index contributed by atoms with van der Waals surface area (Å²) in [5, 5.41) is 4.64. The van der Waals surface area contributed by atoms with E-state index in [2.05, 4.69) is 15.5 Å². The van der Waals surface area contributed by atoms with Crippen LogP contribution in [0.15, 0.2) is 64.2 Å². The van der Waals surface area contributed by atoms with Gasteiger partial charge in [0.1, 0.15) is 22.9 Å². The Morgan fingerprint density at radius 3 is 2.89 bits per heavy atom. The van der Waals surface area contributed by atoms with Crippen LogP contribution in [0.3, 0.4) is 0 Å². The minimum absolute atomic E-state index is 0.339. The predicted octanol–water partition coefficient (Wildman–Crippen LogP) is 4.63. The number of carbonyl (C=O) groups is 1. The number of furan rings is 1. The molecule has 0 aliphatic heterocycles. The topological polar surface area (TPSA) is 71.9 Å². The summed E-state index contributed by atoms with van der Waals surface area (Å²) in [4.78, 5) is 17.0. The van der Waals surface area contributed by atoms with Crippen LogP contribution in [-0.2, 0) is 0 Å². The van der Waals surface area contributed by atoms with Crippen molar-refractivity contribution in [1.82, 2.24) is 14.8 Å². The number of halogens is 1. The molecule has 1 amide bonds. The molecule has 0 bridgehead atoms. The Bertz CT molecular complexity index is 1210. The number of fused-ring (bicyclic) bond motifs is 1. The SMILES string of the molecule is Cc1ccc2nc(C)c(C(=O)N/N=C/c3ccc(-c4cccc(Cl)c4)o3)n2c1. The molecule has 4 aromatic rings. The summed E-state index contributed by atoms with van der Waals surface area (Å²) in [5.74, 6) is 0.845. The third-order valence-electron chi connectivity index (χ3n) is 4.25. The van der Waals surface area contributed by atoms with Gasteiger partial charge in [0, 0.05) is 16.8 Å². The molecule has 0 aliphatic rings. The average Bonchev–Trinajstić information content (AvgIpc) is 3.25. The van der Waals surface area contributed by atoms with Gasteiger partial charge >= 0.3 is 0 Å². The molecule has 0 saturated carbocycles. The summed E-state index contributed by atoms with van der Waals surface area (Å²) in [5.41, 5.74) is 6.24. The molecule has 0 spiro atoms. The zero-order chi connectivity index (χ0) is 19.7. The van der Waals surface area contributed by atoms with Crippen LogP contribution in [0, 0.1) is 13.8 Å². The highest BCUT2D eigenvalue weighted by molar-refractivity contribution is 6.30. The van der Waals surface area contributed by atoms with Crippen LogP contribution in [0.4, 0.5) is 0 Å². The van der Waals surface area contributed by atoms with Gasteiger partial charge in [-0.2, -0.15) is 5.10 Å². The first-order valence-electron chi connectivity index (χ1n) is 8.66. The van der Waals surface area contributed by atoms with E-state index in [9.17, 15) is 4.79 Å². The summed E-state index contributed by atoms with van der Waals surface area (Å²) in [6, 6.07) is 14.8. The van der Waals surface area contributed by atoms with Gasteiger partial charge in [0.25, 0.3) is 5.91 Å². The summed E-state index contributed by atoms with van der Waals surface area (Å²) in [6.45, 7) is 3.76.